The number of nitrogens with one attached hydrogen (secondary N) is 5. The highest BCUT2D eigenvalue weighted by atomic mass is 35.5. The van der Waals surface area contributed by atoms with Crippen LogP contribution in [0.3, 0.4) is 0 Å². The topological polar surface area (TPSA) is 539 Å². The monoisotopic (exact) mass is 1790 g/mol. The minimum atomic E-state index is -1.12. The van der Waals surface area contributed by atoms with E-state index < -0.39 is 66.1 Å². The van der Waals surface area contributed by atoms with Gasteiger partial charge in [-0.25, -0.2) is 9.59 Å². The van der Waals surface area contributed by atoms with Crippen molar-refractivity contribution in [1.82, 2.24) is 40.8 Å². The number of ether oxygens (including phenoxy) is 8. The molecule has 0 saturated heterocycles. The average Bonchev–Trinajstić information content (AvgIpc) is 1.72. The summed E-state index contributed by atoms with van der Waals surface area (Å²) in [7, 11) is 5.90. The van der Waals surface area contributed by atoms with Gasteiger partial charge in [-0.1, -0.05) is 131 Å². The van der Waals surface area contributed by atoms with Gasteiger partial charge in [-0.05, 0) is 94.3 Å². The predicted octanol–water partition coefficient (Wildman–Crippen LogP) is 16.6. The number of ketones is 3. The van der Waals surface area contributed by atoms with E-state index in [1.54, 1.807) is 111 Å². The van der Waals surface area contributed by atoms with Gasteiger partial charge >= 0.3 is 11.9 Å². The van der Waals surface area contributed by atoms with Gasteiger partial charge < -0.3 is 48.3 Å². The molecule has 0 unspecified atom stereocenters. The Bertz CT molecular complexity index is 5910. The Labute approximate surface area is 727 Å². The number of nitro groups is 5. The Balaban J connectivity index is 0.000000211. The fourth-order valence-corrected chi connectivity index (χ4v) is 12.0. The van der Waals surface area contributed by atoms with Crippen molar-refractivity contribution in [3.05, 3.63) is 287 Å². The number of aliphatic hydroxyl groups is 1. The number of nitro benzene ring substituents is 5. The molecule has 0 aliphatic carbocycles. The minimum Gasteiger partial charge on any atom is -0.495 e. The summed E-state index contributed by atoms with van der Waals surface area (Å²) in [4.78, 5) is 120. The van der Waals surface area contributed by atoms with E-state index in [1.165, 1.54) is 103 Å². The summed E-state index contributed by atoms with van der Waals surface area (Å²) in [5, 5.41) is 93.6. The second kappa shape index (κ2) is 47.5. The SMILES string of the molecule is CC#CC(=O)Nc1ccccc1-c1cc(COc2c(Cl)c(OC)cc(OC)c2Cl)[nH]n1.CC(=O)c1ccccc1[N+](=O)[O-].CCOC(=O)C(=O)CC(=O)c1ccccc1[N+](=O)[O-].CCOC(=O)c1cc(-c2ccccc2[N+](=O)[O-])n[nH]1.COc1cc(OC)c(Cl)c(OCc2cc(-c3ccccc3[N+](=O)[O-])n[nH]2)c1Cl.O=[N+]([O-])c1ccccc1-c1cc(CO)[nH]n1. The number of esters is 2. The number of rotatable bonds is 29. The number of hydrogen-bond acceptors (Lipinski definition) is 29. The summed E-state index contributed by atoms with van der Waals surface area (Å²) in [5.41, 5.74) is 5.57. The van der Waals surface area contributed by atoms with Crippen LogP contribution in [0.1, 0.15) is 82.4 Å². The van der Waals surface area contributed by atoms with Gasteiger partial charge in [0.2, 0.25) is 5.78 Å². The van der Waals surface area contributed by atoms with Gasteiger partial charge in [0.05, 0.1) is 153 Å². The zero-order valence-electron chi connectivity index (χ0n) is 66.8. The molecular formula is C82H72Cl4N14O25. The number of halogens is 4. The largest absolute Gasteiger partial charge is 0.495 e. The highest BCUT2D eigenvalue weighted by molar-refractivity contribution is 6.40. The number of benzene rings is 8. The normalized spacial score (nSPS) is 10.1. The van der Waals surface area contributed by atoms with Crippen LogP contribution < -0.4 is 33.7 Å². The third kappa shape index (κ3) is 26.5. The van der Waals surface area contributed by atoms with Crippen LogP contribution in [0.4, 0.5) is 34.1 Å². The zero-order valence-corrected chi connectivity index (χ0v) is 69.9. The Morgan fingerprint density at radius 1 is 0.448 bits per heavy atom. The molecule has 8 aromatic carbocycles. The molecule has 4 aromatic heterocycles. The summed E-state index contributed by atoms with van der Waals surface area (Å²) < 4.78 is 41.7. The third-order valence-electron chi connectivity index (χ3n) is 16.5. The number of anilines is 1. The van der Waals surface area contributed by atoms with Crippen LogP contribution in [-0.2, 0) is 43.7 Å². The molecule has 0 fully saturated rings. The van der Waals surface area contributed by atoms with Gasteiger partial charge in [0.15, 0.2) is 23.1 Å². The van der Waals surface area contributed by atoms with Crippen molar-refractivity contribution in [2.45, 2.75) is 53.9 Å². The van der Waals surface area contributed by atoms with Crippen LogP contribution in [0.15, 0.2) is 182 Å². The van der Waals surface area contributed by atoms with Crippen molar-refractivity contribution in [1.29, 1.82) is 0 Å². The maximum absolute atomic E-state index is 11.9. The third-order valence-corrected chi connectivity index (χ3v) is 17.9. The fourth-order valence-electron chi connectivity index (χ4n) is 10.7. The molecule has 0 radical (unpaired) electrons. The maximum atomic E-state index is 11.9. The Morgan fingerprint density at radius 2 is 0.792 bits per heavy atom. The predicted molar refractivity (Wildman–Crippen MR) is 455 cm³/mol. The van der Waals surface area contributed by atoms with Gasteiger partial charge in [0.1, 0.15) is 62.0 Å². The molecular weight excluding hydrogens is 1720 g/mol. The molecule has 39 nitrogen and oxygen atoms in total. The second-order valence-electron chi connectivity index (χ2n) is 24.5. The summed E-state index contributed by atoms with van der Waals surface area (Å²) in [6, 6.07) is 46.9. The molecule has 648 valence electrons. The van der Waals surface area contributed by atoms with Gasteiger partial charge in [0.25, 0.3) is 34.3 Å². The van der Waals surface area contributed by atoms with Crippen LogP contribution >= 0.6 is 46.4 Å². The van der Waals surface area contributed by atoms with Crippen LogP contribution in [0.5, 0.6) is 34.5 Å². The van der Waals surface area contributed by atoms with Crippen LogP contribution in [0.25, 0.3) is 45.0 Å². The first-order chi connectivity index (χ1) is 59.9. The number of hydrogen-bond donors (Lipinski definition) is 6. The number of nitrogens with zero attached hydrogens (tertiary/aromatic N) is 9. The zero-order chi connectivity index (χ0) is 91.6. The van der Waals surface area contributed by atoms with E-state index in [0.29, 0.717) is 85.2 Å². The number of aromatic nitrogens is 8. The molecule has 43 heteroatoms. The Hall–Kier alpha value is -15.5. The lowest BCUT2D eigenvalue weighted by Crippen LogP contribution is -2.21. The van der Waals surface area contributed by atoms with E-state index in [4.69, 9.17) is 84.7 Å². The number of amides is 1. The van der Waals surface area contributed by atoms with Crippen molar-refractivity contribution in [2.24, 2.45) is 0 Å². The fraction of sp³-hybridized carbons (Fsp3) is 0.171. The highest BCUT2D eigenvalue weighted by Gasteiger charge is 2.28. The second-order valence-corrected chi connectivity index (χ2v) is 26.0. The number of H-pyrrole nitrogens is 4. The lowest BCUT2D eigenvalue weighted by atomic mass is 10.0. The van der Waals surface area contributed by atoms with E-state index in [2.05, 4.69) is 62.7 Å². The highest BCUT2D eigenvalue weighted by Crippen LogP contribution is 2.48. The number of carbonyl (C=O) groups excluding carboxylic acids is 6. The lowest BCUT2D eigenvalue weighted by molar-refractivity contribution is -0.385. The standard InChI is InChI=1S/C22H19Cl2N3O4.C18H15Cl2N3O5.C12H11N3O4.C12H11NO6.C10H9N3O3.C8H7NO3/c1-4-7-19(28)25-15-9-6-5-8-14(15)16-10-13(26-27-16)12-31-22-20(23)17(29-2)11-18(30-3)21(22)24;1-26-14-8-15(27-2)17(20)18(16(14)19)28-9-10-7-12(22-21-10)11-5-3-4-6-13(11)23(24)25;1-2-19-12(16)10-7-9(13-14-10)8-5-3-4-6-11(8)15(17)18;1-2-19-12(16)11(15)7-10(14)8-5-3-4-6-9(8)13(17)18;14-6-7-5-9(12-11-7)8-3-1-2-4-10(8)13(15)16;1-6(10)7-4-2-3-5-8(7)9(11)12/h5-6,8-11H,12H2,1-3H3,(H,25,28)(H,26,27);3-8H,9H2,1-2H3,(H,21,22);3-7H,2H2,1H3,(H,13,14);3-6H,2,7H2,1H3;1-5,14H,6H2,(H,11,12);2-5H,1H3. The maximum Gasteiger partial charge on any atom is 0.375 e. The van der Waals surface area contributed by atoms with E-state index >= 15 is 0 Å². The number of methoxy groups -OCH3 is 4. The molecule has 125 heavy (non-hydrogen) atoms. The van der Waals surface area contributed by atoms with Crippen molar-refractivity contribution < 1.29 is 96.4 Å². The van der Waals surface area contributed by atoms with Crippen LogP contribution in [0.2, 0.25) is 20.1 Å². The van der Waals surface area contributed by atoms with Crippen molar-refractivity contribution in [2.75, 3.05) is 47.0 Å². The average molecular weight is 1800 g/mol. The van der Waals surface area contributed by atoms with E-state index in [1.807, 2.05) is 18.2 Å². The Morgan fingerprint density at radius 3 is 1.17 bits per heavy atom. The van der Waals surface area contributed by atoms with Gasteiger partial charge in [0, 0.05) is 48.0 Å². The Kier molecular flexibility index (Phi) is 36.7. The molecule has 0 bridgehead atoms. The van der Waals surface area contributed by atoms with Gasteiger partial charge in [-0.3, -0.25) is 90.1 Å². The number of carbonyl (C=O) groups is 6. The van der Waals surface area contributed by atoms with Gasteiger partial charge in [-0.15, -0.1) is 0 Å². The van der Waals surface area contributed by atoms with Crippen molar-refractivity contribution >= 4 is 116 Å². The number of Topliss-reactive ketones (excluding diaryl/α,β-unsaturated/α-hetero) is 3. The molecule has 0 saturated carbocycles. The quantitative estimate of drug-likeness (QED) is 0.00482. The molecule has 4 heterocycles. The summed E-state index contributed by atoms with van der Waals surface area (Å²) in [5.74, 6) is 2.75. The summed E-state index contributed by atoms with van der Waals surface area (Å²) in [6.45, 7) is 6.37. The van der Waals surface area contributed by atoms with Crippen LogP contribution in [0, 0.1) is 62.4 Å². The summed E-state index contributed by atoms with van der Waals surface area (Å²) >= 11 is 25.2. The molecule has 0 aliphatic heterocycles. The number of para-hydroxylation sites is 6. The first-order valence-corrected chi connectivity index (χ1v) is 37.6. The molecule has 0 atom stereocenters. The molecule has 0 aliphatic rings. The van der Waals surface area contributed by atoms with E-state index in [-0.39, 0.29) is 110 Å². The molecule has 1 amide bonds. The van der Waals surface area contributed by atoms with Crippen LogP contribution in [-0.4, -0.2) is 147 Å². The molecule has 0 spiro atoms. The van der Waals surface area contributed by atoms with Crippen molar-refractivity contribution in [3.8, 4) is 91.4 Å². The smallest absolute Gasteiger partial charge is 0.375 e. The molecule has 6 N–H and O–H groups in total. The minimum absolute atomic E-state index is 0.00140. The first kappa shape index (κ1) is 96.6. The lowest BCUT2D eigenvalue weighted by Gasteiger charge is -2.14. The van der Waals surface area contributed by atoms with Gasteiger partial charge in [-0.2, -0.15) is 20.4 Å². The molecule has 12 aromatic rings. The number of aromatic amines is 4. The first-order valence-electron chi connectivity index (χ1n) is 36.1. The van der Waals surface area contributed by atoms with E-state index in [0.717, 1.165) is 11.6 Å². The van der Waals surface area contributed by atoms with E-state index in [9.17, 15) is 79.3 Å². The number of aliphatic hydroxyl groups excluding tert-OH is 1. The van der Waals surface area contributed by atoms with Crippen molar-refractivity contribution in [3.63, 3.8) is 0 Å². The summed E-state index contributed by atoms with van der Waals surface area (Å²) in [6.07, 6.45) is -0.746. The molecule has 12 rings (SSSR count).